The van der Waals surface area contributed by atoms with Crippen LogP contribution in [0.3, 0.4) is 0 Å². The second-order valence-corrected chi connectivity index (χ2v) is 7.16. The second-order valence-electron chi connectivity index (χ2n) is 5.85. The van der Waals surface area contributed by atoms with Crippen LogP contribution in [0.5, 0.6) is 0 Å². The lowest BCUT2D eigenvalue weighted by Crippen LogP contribution is -2.17. The SMILES string of the molecule is CC(Sc1nncn1C)c1cncc(NC(=O)c2cccc(C(F)(F)F)n2)c1. The lowest BCUT2D eigenvalue weighted by molar-refractivity contribution is -0.141. The number of halogens is 3. The van der Waals surface area contributed by atoms with E-state index in [2.05, 4.69) is 25.5 Å². The van der Waals surface area contributed by atoms with Crippen LogP contribution in [-0.2, 0) is 13.2 Å². The number of carbonyl (C=O) groups excluding carboxylic acids is 1. The van der Waals surface area contributed by atoms with Gasteiger partial charge in [-0.15, -0.1) is 10.2 Å². The average molecular weight is 408 g/mol. The van der Waals surface area contributed by atoms with Crippen molar-refractivity contribution in [3.05, 3.63) is 59.9 Å². The van der Waals surface area contributed by atoms with Crippen LogP contribution < -0.4 is 5.32 Å². The van der Waals surface area contributed by atoms with Crippen LogP contribution in [0.4, 0.5) is 18.9 Å². The molecule has 0 bridgehead atoms. The maximum Gasteiger partial charge on any atom is 0.433 e. The number of aryl methyl sites for hydroxylation is 1. The number of alkyl halides is 3. The molecular weight excluding hydrogens is 393 g/mol. The van der Waals surface area contributed by atoms with E-state index in [-0.39, 0.29) is 10.9 Å². The van der Waals surface area contributed by atoms with Crippen molar-refractivity contribution in [3.63, 3.8) is 0 Å². The highest BCUT2D eigenvalue weighted by Gasteiger charge is 2.32. The molecular formula is C17H15F3N6OS. The predicted octanol–water partition coefficient (Wildman–Crippen LogP) is 3.73. The Bertz CT molecular complexity index is 991. The van der Waals surface area contributed by atoms with Crippen LogP contribution in [0.25, 0.3) is 0 Å². The highest BCUT2D eigenvalue weighted by Crippen LogP contribution is 2.33. The number of anilines is 1. The van der Waals surface area contributed by atoms with Crippen molar-refractivity contribution in [1.82, 2.24) is 24.7 Å². The van der Waals surface area contributed by atoms with Gasteiger partial charge in [0.15, 0.2) is 5.16 Å². The van der Waals surface area contributed by atoms with E-state index in [1.54, 1.807) is 23.2 Å². The van der Waals surface area contributed by atoms with Crippen molar-refractivity contribution >= 4 is 23.4 Å². The zero-order valence-electron chi connectivity index (χ0n) is 14.8. The van der Waals surface area contributed by atoms with Crippen molar-refractivity contribution < 1.29 is 18.0 Å². The fourth-order valence-corrected chi connectivity index (χ4v) is 3.16. The van der Waals surface area contributed by atoms with Crippen molar-refractivity contribution in [3.8, 4) is 0 Å². The third-order valence-electron chi connectivity index (χ3n) is 3.71. The first-order valence-corrected chi connectivity index (χ1v) is 8.93. The van der Waals surface area contributed by atoms with Gasteiger partial charge in [0.2, 0.25) is 0 Å². The molecule has 0 spiro atoms. The first kappa shape index (κ1) is 19.8. The molecule has 0 fully saturated rings. The number of aromatic nitrogens is 5. The van der Waals surface area contributed by atoms with Crippen LogP contribution in [0.15, 0.2) is 48.1 Å². The molecule has 3 aromatic heterocycles. The van der Waals surface area contributed by atoms with E-state index in [9.17, 15) is 18.0 Å². The maximum atomic E-state index is 12.8. The van der Waals surface area contributed by atoms with E-state index in [0.29, 0.717) is 5.69 Å². The van der Waals surface area contributed by atoms with Crippen molar-refractivity contribution in [2.75, 3.05) is 5.32 Å². The number of nitrogens with one attached hydrogen (secondary N) is 1. The molecule has 7 nitrogen and oxygen atoms in total. The topological polar surface area (TPSA) is 85.6 Å². The summed E-state index contributed by atoms with van der Waals surface area (Å²) in [7, 11) is 1.83. The molecule has 0 saturated carbocycles. The van der Waals surface area contributed by atoms with Gasteiger partial charge in [0.25, 0.3) is 5.91 Å². The molecule has 0 saturated heterocycles. The van der Waals surface area contributed by atoms with Crippen LogP contribution >= 0.6 is 11.8 Å². The zero-order chi connectivity index (χ0) is 20.3. The van der Waals surface area contributed by atoms with Crippen LogP contribution in [0.1, 0.15) is 33.9 Å². The van der Waals surface area contributed by atoms with E-state index in [0.717, 1.165) is 22.9 Å². The van der Waals surface area contributed by atoms with Gasteiger partial charge in [-0.3, -0.25) is 9.78 Å². The van der Waals surface area contributed by atoms with E-state index in [1.807, 2.05) is 14.0 Å². The highest BCUT2D eigenvalue weighted by molar-refractivity contribution is 7.99. The van der Waals surface area contributed by atoms with E-state index in [1.165, 1.54) is 24.0 Å². The molecule has 0 aliphatic heterocycles. The van der Waals surface area contributed by atoms with E-state index in [4.69, 9.17) is 0 Å². The Morgan fingerprint density at radius 3 is 2.75 bits per heavy atom. The number of hydrogen-bond acceptors (Lipinski definition) is 6. The number of thioether (sulfide) groups is 1. The molecule has 11 heteroatoms. The highest BCUT2D eigenvalue weighted by atomic mass is 32.2. The fraction of sp³-hybridized carbons (Fsp3) is 0.235. The molecule has 3 rings (SSSR count). The van der Waals surface area contributed by atoms with Gasteiger partial charge in [0.1, 0.15) is 17.7 Å². The molecule has 1 amide bonds. The van der Waals surface area contributed by atoms with Gasteiger partial charge in [-0.1, -0.05) is 17.8 Å². The minimum absolute atomic E-state index is 0.0427. The summed E-state index contributed by atoms with van der Waals surface area (Å²) in [6.07, 6.45) is 0.0250. The molecule has 28 heavy (non-hydrogen) atoms. The molecule has 0 aliphatic rings. The van der Waals surface area contributed by atoms with Crippen LogP contribution in [-0.4, -0.2) is 30.6 Å². The number of pyridine rings is 2. The third-order valence-corrected chi connectivity index (χ3v) is 4.92. The van der Waals surface area contributed by atoms with Gasteiger partial charge in [0, 0.05) is 18.5 Å². The largest absolute Gasteiger partial charge is 0.433 e. The number of hydrogen-bond donors (Lipinski definition) is 1. The van der Waals surface area contributed by atoms with Crippen molar-refractivity contribution in [2.45, 2.75) is 23.5 Å². The molecule has 1 N–H and O–H groups in total. The number of nitrogens with zero attached hydrogens (tertiary/aromatic N) is 5. The summed E-state index contributed by atoms with van der Waals surface area (Å²) >= 11 is 1.46. The van der Waals surface area contributed by atoms with Gasteiger partial charge in [-0.05, 0) is 30.7 Å². The molecule has 1 atom stereocenters. The van der Waals surface area contributed by atoms with Gasteiger partial charge < -0.3 is 9.88 Å². The zero-order valence-corrected chi connectivity index (χ0v) is 15.6. The smallest absolute Gasteiger partial charge is 0.319 e. The summed E-state index contributed by atoms with van der Waals surface area (Å²) in [6, 6.07) is 4.87. The molecule has 146 valence electrons. The molecule has 0 radical (unpaired) electrons. The summed E-state index contributed by atoms with van der Waals surface area (Å²) in [4.78, 5) is 19.7. The van der Waals surface area contributed by atoms with Gasteiger partial charge >= 0.3 is 6.18 Å². The predicted molar refractivity (Wildman–Crippen MR) is 96.7 cm³/mol. The van der Waals surface area contributed by atoms with Gasteiger partial charge in [0.05, 0.1) is 11.9 Å². The lowest BCUT2D eigenvalue weighted by atomic mass is 10.2. The Morgan fingerprint density at radius 2 is 2.07 bits per heavy atom. The Hall–Kier alpha value is -2.95. The Labute approximate surface area is 162 Å². The number of rotatable bonds is 5. The Balaban J connectivity index is 1.74. The number of carbonyl (C=O) groups is 1. The van der Waals surface area contributed by atoms with Gasteiger partial charge in [-0.2, -0.15) is 13.2 Å². The average Bonchev–Trinajstić information content (AvgIpc) is 3.06. The summed E-state index contributed by atoms with van der Waals surface area (Å²) in [6.45, 7) is 1.94. The molecule has 3 heterocycles. The first-order chi connectivity index (χ1) is 13.2. The molecule has 0 aliphatic carbocycles. The van der Waals surface area contributed by atoms with E-state index >= 15 is 0 Å². The normalized spacial score (nSPS) is 12.6. The lowest BCUT2D eigenvalue weighted by Gasteiger charge is -2.12. The Morgan fingerprint density at radius 1 is 1.29 bits per heavy atom. The summed E-state index contributed by atoms with van der Waals surface area (Å²) in [5, 5.41) is 11.0. The summed E-state index contributed by atoms with van der Waals surface area (Å²) in [5.41, 5.74) is -0.294. The summed E-state index contributed by atoms with van der Waals surface area (Å²) < 4.78 is 40.1. The monoisotopic (exact) mass is 408 g/mol. The van der Waals surface area contributed by atoms with Gasteiger partial charge in [-0.25, -0.2) is 4.98 Å². The quantitative estimate of drug-likeness (QED) is 0.648. The number of amides is 1. The fourth-order valence-electron chi connectivity index (χ4n) is 2.27. The van der Waals surface area contributed by atoms with E-state index < -0.39 is 17.8 Å². The molecule has 3 aromatic rings. The van der Waals surface area contributed by atoms with Crippen molar-refractivity contribution in [2.24, 2.45) is 7.05 Å². The first-order valence-electron chi connectivity index (χ1n) is 8.05. The summed E-state index contributed by atoms with van der Waals surface area (Å²) in [5.74, 6) is -0.751. The minimum atomic E-state index is -4.62. The van der Waals surface area contributed by atoms with Crippen molar-refractivity contribution in [1.29, 1.82) is 0 Å². The van der Waals surface area contributed by atoms with Crippen LogP contribution in [0, 0.1) is 0 Å². The standard InChI is InChI=1S/C17H15F3N6OS/c1-10(28-16-25-22-9-26(16)2)11-6-12(8-21-7-11)23-15(27)13-4-3-5-14(24-13)17(18,19)20/h3-10H,1-2H3,(H,23,27). The second kappa shape index (κ2) is 7.97. The Kier molecular flexibility index (Phi) is 5.63. The molecule has 1 unspecified atom stereocenters. The third kappa shape index (κ3) is 4.66. The maximum absolute atomic E-state index is 12.8. The van der Waals surface area contributed by atoms with Crippen LogP contribution in [0.2, 0.25) is 0 Å². The minimum Gasteiger partial charge on any atom is -0.319 e. The molecule has 0 aromatic carbocycles.